The van der Waals surface area contributed by atoms with Crippen molar-refractivity contribution in [3.63, 3.8) is 0 Å². The lowest BCUT2D eigenvalue weighted by Crippen LogP contribution is -2.55. The molecule has 1 aliphatic heterocycles. The zero-order valence-corrected chi connectivity index (χ0v) is 18.3. The smallest absolute Gasteiger partial charge is 0.262 e. The number of fused-ring (bicyclic) bond motifs is 1. The molecule has 2 N–H and O–H groups in total. The molecule has 0 amide bonds. The molecular formula is C22H24BrFN4O2. The zero-order chi connectivity index (χ0) is 21.1. The van der Waals surface area contributed by atoms with Gasteiger partial charge in [0, 0.05) is 31.7 Å². The Labute approximate surface area is 182 Å². The number of aromatic nitrogens is 2. The summed E-state index contributed by atoms with van der Waals surface area (Å²) in [5.41, 5.74) is 0.887. The van der Waals surface area contributed by atoms with Gasteiger partial charge in [-0.1, -0.05) is 30.3 Å². The molecule has 2 heterocycles. The summed E-state index contributed by atoms with van der Waals surface area (Å²) >= 11 is 3.18. The summed E-state index contributed by atoms with van der Waals surface area (Å²) in [5.74, 6) is -0.235. The minimum Gasteiger partial charge on any atom is -0.493 e. The molecule has 158 valence electrons. The van der Waals surface area contributed by atoms with E-state index in [0.29, 0.717) is 18.4 Å². The Balaban J connectivity index is 1.41. The monoisotopic (exact) mass is 474 g/mol. The Kier molecular flexibility index (Phi) is 6.46. The van der Waals surface area contributed by atoms with Gasteiger partial charge in [-0.3, -0.25) is 9.69 Å². The van der Waals surface area contributed by atoms with Crippen LogP contribution >= 0.6 is 15.9 Å². The molecule has 0 bridgehead atoms. The summed E-state index contributed by atoms with van der Waals surface area (Å²) in [6.45, 7) is 5.37. The summed E-state index contributed by atoms with van der Waals surface area (Å²) in [5, 5.41) is 3.70. The molecule has 0 spiro atoms. The fraction of sp³-hybridized carbons (Fsp3) is 0.364. The minimum absolute atomic E-state index is 0.00165. The maximum absolute atomic E-state index is 14.3. The molecule has 30 heavy (non-hydrogen) atoms. The number of nitrogens with one attached hydrogen (secondary N) is 2. The summed E-state index contributed by atoms with van der Waals surface area (Å²) in [6, 6.07) is 12.7. The molecule has 2 atom stereocenters. The lowest BCUT2D eigenvalue weighted by atomic mass is 10.1. The molecule has 0 radical (unpaired) electrons. The van der Waals surface area contributed by atoms with Crippen molar-refractivity contribution in [1.29, 1.82) is 0 Å². The Morgan fingerprint density at radius 2 is 2.13 bits per heavy atom. The van der Waals surface area contributed by atoms with Gasteiger partial charge in [0.1, 0.15) is 16.7 Å². The quantitative estimate of drug-likeness (QED) is 0.572. The first-order valence-electron chi connectivity index (χ1n) is 10.0. The summed E-state index contributed by atoms with van der Waals surface area (Å²) < 4.78 is 20.4. The van der Waals surface area contributed by atoms with Crippen LogP contribution in [0.2, 0.25) is 0 Å². The number of piperazine rings is 1. The molecule has 2 aromatic carbocycles. The molecular weight excluding hydrogens is 451 g/mol. The highest BCUT2D eigenvalue weighted by molar-refractivity contribution is 9.10. The van der Waals surface area contributed by atoms with Crippen molar-refractivity contribution in [3.05, 3.63) is 68.9 Å². The van der Waals surface area contributed by atoms with Gasteiger partial charge >= 0.3 is 0 Å². The van der Waals surface area contributed by atoms with E-state index in [0.717, 1.165) is 26.1 Å². The molecule has 6 nitrogen and oxygen atoms in total. The number of nitrogens with zero attached hydrogens (tertiary/aromatic N) is 2. The number of benzene rings is 2. The Bertz CT molecular complexity index is 1080. The first-order chi connectivity index (χ1) is 14.5. The van der Waals surface area contributed by atoms with Crippen LogP contribution in [0.3, 0.4) is 0 Å². The van der Waals surface area contributed by atoms with Gasteiger partial charge in [0.15, 0.2) is 5.82 Å². The van der Waals surface area contributed by atoms with Crippen LogP contribution < -0.4 is 15.6 Å². The van der Waals surface area contributed by atoms with Crippen LogP contribution in [0.4, 0.5) is 4.39 Å². The van der Waals surface area contributed by atoms with Crippen molar-refractivity contribution in [2.75, 3.05) is 19.7 Å². The van der Waals surface area contributed by atoms with Crippen LogP contribution in [0.5, 0.6) is 5.75 Å². The molecule has 1 fully saturated rings. The van der Waals surface area contributed by atoms with Crippen LogP contribution in [-0.4, -0.2) is 46.6 Å². The van der Waals surface area contributed by atoms with E-state index in [4.69, 9.17) is 4.74 Å². The molecule has 1 aliphatic rings. The van der Waals surface area contributed by atoms with Crippen molar-refractivity contribution >= 4 is 26.8 Å². The number of aromatic amines is 1. The largest absolute Gasteiger partial charge is 0.493 e. The third kappa shape index (κ3) is 4.55. The van der Waals surface area contributed by atoms with Crippen molar-refractivity contribution < 1.29 is 9.13 Å². The average Bonchev–Trinajstić information content (AvgIpc) is 2.74. The van der Waals surface area contributed by atoms with E-state index >= 15 is 0 Å². The second-order valence-electron chi connectivity index (χ2n) is 7.63. The minimum atomic E-state index is -0.567. The molecule has 8 heteroatoms. The van der Waals surface area contributed by atoms with Crippen LogP contribution in [0, 0.1) is 5.82 Å². The average molecular weight is 475 g/mol. The van der Waals surface area contributed by atoms with E-state index in [2.05, 4.69) is 67.3 Å². The zero-order valence-electron chi connectivity index (χ0n) is 16.7. The van der Waals surface area contributed by atoms with E-state index in [1.165, 1.54) is 18.0 Å². The maximum atomic E-state index is 14.3. The standard InChI is InChI=1S/C22H24BrFN4O2/c1-14-10-25-16(12-28(14)11-15-5-3-2-4-6-15)7-8-30-18-9-17(23)20(24)21-19(18)22(29)27-13-26-21/h2-6,9,13-14,16,25H,7-8,10-12H2,1H3,(H,26,27,29)/t14-,16+/m0/s1. The van der Waals surface area contributed by atoms with Gasteiger partial charge in [-0.2, -0.15) is 0 Å². The van der Waals surface area contributed by atoms with Crippen molar-refractivity contribution in [3.8, 4) is 5.75 Å². The lowest BCUT2D eigenvalue weighted by molar-refractivity contribution is 0.122. The van der Waals surface area contributed by atoms with Crippen LogP contribution in [0.15, 0.2) is 52.0 Å². The second-order valence-corrected chi connectivity index (χ2v) is 8.49. The summed E-state index contributed by atoms with van der Waals surface area (Å²) in [6.07, 6.45) is 1.96. The van der Waals surface area contributed by atoms with E-state index in [1.807, 2.05) is 6.07 Å². The van der Waals surface area contributed by atoms with Crippen LogP contribution in [-0.2, 0) is 6.54 Å². The van der Waals surface area contributed by atoms with Crippen molar-refractivity contribution in [2.24, 2.45) is 0 Å². The first kappa shape index (κ1) is 21.0. The molecule has 1 saturated heterocycles. The predicted octanol–water partition coefficient (Wildman–Crippen LogP) is 3.46. The number of hydrogen-bond donors (Lipinski definition) is 2. The highest BCUT2D eigenvalue weighted by Gasteiger charge is 2.25. The number of rotatable bonds is 6. The SMILES string of the molecule is C[C@H]1CN[C@H](CCOc2cc(Br)c(F)c3nc[nH]c(=O)c23)CN1Cc1ccccc1. The van der Waals surface area contributed by atoms with Crippen LogP contribution in [0.1, 0.15) is 18.9 Å². The van der Waals surface area contributed by atoms with E-state index in [-0.39, 0.29) is 21.4 Å². The third-order valence-electron chi connectivity index (χ3n) is 5.51. The Hall–Kier alpha value is -2.29. The van der Waals surface area contributed by atoms with Crippen molar-refractivity contribution in [2.45, 2.75) is 32.0 Å². The first-order valence-corrected chi connectivity index (χ1v) is 10.8. The second kappa shape index (κ2) is 9.24. The maximum Gasteiger partial charge on any atom is 0.262 e. The molecule has 0 saturated carbocycles. The normalized spacial score (nSPS) is 19.8. The molecule has 0 aliphatic carbocycles. The fourth-order valence-corrected chi connectivity index (χ4v) is 4.20. The van der Waals surface area contributed by atoms with Gasteiger partial charge in [0.25, 0.3) is 5.56 Å². The highest BCUT2D eigenvalue weighted by atomic mass is 79.9. The number of H-pyrrole nitrogens is 1. The van der Waals surface area contributed by atoms with Gasteiger partial charge in [-0.05, 0) is 40.9 Å². The molecule has 1 aromatic heterocycles. The third-order valence-corrected chi connectivity index (χ3v) is 6.08. The van der Waals surface area contributed by atoms with E-state index in [9.17, 15) is 9.18 Å². The fourth-order valence-electron chi connectivity index (χ4n) is 3.81. The van der Waals surface area contributed by atoms with Gasteiger partial charge < -0.3 is 15.0 Å². The topological polar surface area (TPSA) is 70.2 Å². The molecule has 0 unspecified atom stereocenters. The number of hydrogen-bond acceptors (Lipinski definition) is 5. The van der Waals surface area contributed by atoms with Gasteiger partial charge in [-0.15, -0.1) is 0 Å². The van der Waals surface area contributed by atoms with E-state index < -0.39 is 11.4 Å². The van der Waals surface area contributed by atoms with Crippen molar-refractivity contribution in [1.82, 2.24) is 20.2 Å². The Morgan fingerprint density at radius 3 is 2.93 bits per heavy atom. The van der Waals surface area contributed by atoms with Gasteiger partial charge in [-0.25, -0.2) is 9.37 Å². The van der Waals surface area contributed by atoms with Gasteiger partial charge in [0.05, 0.1) is 17.4 Å². The summed E-state index contributed by atoms with van der Waals surface area (Å²) in [4.78, 5) is 21.1. The number of ether oxygens (including phenoxy) is 1. The van der Waals surface area contributed by atoms with E-state index in [1.54, 1.807) is 0 Å². The predicted molar refractivity (Wildman–Crippen MR) is 118 cm³/mol. The highest BCUT2D eigenvalue weighted by Crippen LogP contribution is 2.30. The number of halogens is 2. The van der Waals surface area contributed by atoms with Gasteiger partial charge in [0.2, 0.25) is 0 Å². The van der Waals surface area contributed by atoms with Crippen LogP contribution in [0.25, 0.3) is 10.9 Å². The molecule has 3 aromatic rings. The molecule has 4 rings (SSSR count). The summed E-state index contributed by atoms with van der Waals surface area (Å²) in [7, 11) is 0. The Morgan fingerprint density at radius 1 is 1.33 bits per heavy atom. The lowest BCUT2D eigenvalue weighted by Gasteiger charge is -2.39.